The predicted molar refractivity (Wildman–Crippen MR) is 107 cm³/mol. The van der Waals surface area contributed by atoms with Crippen LogP contribution in [0.2, 0.25) is 0 Å². The molecule has 27 heavy (non-hydrogen) atoms. The predicted octanol–water partition coefficient (Wildman–Crippen LogP) is 3.96. The highest BCUT2D eigenvalue weighted by atomic mass is 16.2. The molecule has 0 radical (unpaired) electrons. The number of benzene rings is 1. The van der Waals surface area contributed by atoms with Gasteiger partial charge in [-0.15, -0.1) is 0 Å². The summed E-state index contributed by atoms with van der Waals surface area (Å²) in [7, 11) is 0. The van der Waals surface area contributed by atoms with Gasteiger partial charge in [-0.1, -0.05) is 18.9 Å². The van der Waals surface area contributed by atoms with Crippen LogP contribution in [-0.2, 0) is 11.2 Å². The molecule has 142 valence electrons. The molecular weight excluding hydrogens is 340 g/mol. The van der Waals surface area contributed by atoms with Crippen molar-refractivity contribution in [2.75, 3.05) is 17.2 Å². The number of rotatable bonds is 7. The van der Waals surface area contributed by atoms with Gasteiger partial charge in [-0.05, 0) is 61.6 Å². The molecule has 0 unspecified atom stereocenters. The normalized spacial score (nSPS) is 13.9. The minimum atomic E-state index is -0.246. The third kappa shape index (κ3) is 6.09. The molecular formula is C21H26N4O2. The SMILES string of the molecule is O=C(NCCCc1ccncc1)Nc1cccc(NC(=O)C2CCCC2)c1. The number of nitrogens with zero attached hydrogens (tertiary/aromatic N) is 1. The van der Waals surface area contributed by atoms with E-state index in [1.165, 1.54) is 5.56 Å². The van der Waals surface area contributed by atoms with Gasteiger partial charge in [0.05, 0.1) is 0 Å². The summed E-state index contributed by atoms with van der Waals surface area (Å²) in [4.78, 5) is 28.3. The van der Waals surface area contributed by atoms with Gasteiger partial charge in [-0.25, -0.2) is 4.79 Å². The molecule has 0 atom stereocenters. The molecule has 1 saturated carbocycles. The fourth-order valence-electron chi connectivity index (χ4n) is 3.33. The molecule has 0 spiro atoms. The zero-order chi connectivity index (χ0) is 18.9. The van der Waals surface area contributed by atoms with E-state index in [1.807, 2.05) is 30.3 Å². The van der Waals surface area contributed by atoms with E-state index in [9.17, 15) is 9.59 Å². The lowest BCUT2D eigenvalue weighted by atomic mass is 10.1. The molecule has 0 saturated heterocycles. The second kappa shape index (κ2) is 9.71. The van der Waals surface area contributed by atoms with Crippen LogP contribution in [0.1, 0.15) is 37.7 Å². The van der Waals surface area contributed by atoms with E-state index in [0.717, 1.165) is 38.5 Å². The summed E-state index contributed by atoms with van der Waals surface area (Å²) in [6.45, 7) is 0.590. The summed E-state index contributed by atoms with van der Waals surface area (Å²) in [5.74, 6) is 0.190. The number of anilines is 2. The minimum absolute atomic E-state index is 0.0743. The molecule has 3 N–H and O–H groups in total. The number of aromatic nitrogens is 1. The first kappa shape index (κ1) is 18.9. The Hall–Kier alpha value is -2.89. The topological polar surface area (TPSA) is 83.1 Å². The van der Waals surface area contributed by atoms with Gasteiger partial charge in [0.1, 0.15) is 0 Å². The maximum atomic E-state index is 12.2. The summed E-state index contributed by atoms with van der Waals surface area (Å²) in [6.07, 6.45) is 9.47. The molecule has 0 bridgehead atoms. The van der Waals surface area contributed by atoms with Crippen LogP contribution >= 0.6 is 0 Å². The lowest BCUT2D eigenvalue weighted by Gasteiger charge is -2.12. The number of pyridine rings is 1. The van der Waals surface area contributed by atoms with E-state index in [0.29, 0.717) is 17.9 Å². The molecule has 1 fully saturated rings. The van der Waals surface area contributed by atoms with Gasteiger partial charge in [0, 0.05) is 36.2 Å². The van der Waals surface area contributed by atoms with Gasteiger partial charge in [0.25, 0.3) is 0 Å². The molecule has 1 aliphatic rings. The largest absolute Gasteiger partial charge is 0.338 e. The van der Waals surface area contributed by atoms with Gasteiger partial charge in [-0.3, -0.25) is 9.78 Å². The van der Waals surface area contributed by atoms with Crippen molar-refractivity contribution in [2.24, 2.45) is 5.92 Å². The molecule has 1 aromatic carbocycles. The Balaban J connectivity index is 1.41. The van der Waals surface area contributed by atoms with E-state index in [-0.39, 0.29) is 17.9 Å². The maximum Gasteiger partial charge on any atom is 0.319 e. The number of hydrogen-bond donors (Lipinski definition) is 3. The lowest BCUT2D eigenvalue weighted by Crippen LogP contribution is -2.29. The van der Waals surface area contributed by atoms with Crippen molar-refractivity contribution in [3.05, 3.63) is 54.4 Å². The minimum Gasteiger partial charge on any atom is -0.338 e. The Labute approximate surface area is 159 Å². The number of carbonyl (C=O) groups is 2. The first-order valence-corrected chi connectivity index (χ1v) is 9.55. The fraction of sp³-hybridized carbons (Fsp3) is 0.381. The van der Waals surface area contributed by atoms with E-state index < -0.39 is 0 Å². The molecule has 1 heterocycles. The van der Waals surface area contributed by atoms with Crippen LogP contribution in [0.15, 0.2) is 48.8 Å². The molecule has 3 rings (SSSR count). The van der Waals surface area contributed by atoms with Crippen molar-refractivity contribution in [3.63, 3.8) is 0 Å². The highest BCUT2D eigenvalue weighted by molar-refractivity contribution is 5.94. The zero-order valence-corrected chi connectivity index (χ0v) is 15.4. The third-order valence-corrected chi connectivity index (χ3v) is 4.79. The molecule has 6 nitrogen and oxygen atoms in total. The van der Waals surface area contributed by atoms with Gasteiger partial charge in [0.2, 0.25) is 5.91 Å². The number of carbonyl (C=O) groups excluding carboxylic acids is 2. The zero-order valence-electron chi connectivity index (χ0n) is 15.4. The maximum absolute atomic E-state index is 12.2. The molecule has 3 amide bonds. The molecule has 1 aliphatic carbocycles. The van der Waals surface area contributed by atoms with Crippen molar-refractivity contribution >= 4 is 23.3 Å². The molecule has 1 aromatic heterocycles. The summed E-state index contributed by atoms with van der Waals surface area (Å²) >= 11 is 0. The third-order valence-electron chi connectivity index (χ3n) is 4.79. The number of urea groups is 1. The van der Waals surface area contributed by atoms with E-state index in [2.05, 4.69) is 20.9 Å². The molecule has 6 heteroatoms. The highest BCUT2D eigenvalue weighted by Crippen LogP contribution is 2.26. The van der Waals surface area contributed by atoms with Crippen LogP contribution in [0.3, 0.4) is 0 Å². The van der Waals surface area contributed by atoms with Gasteiger partial charge in [-0.2, -0.15) is 0 Å². The Bertz CT molecular complexity index is 758. The van der Waals surface area contributed by atoms with Crippen molar-refractivity contribution in [1.82, 2.24) is 10.3 Å². The Morgan fingerprint density at radius 1 is 1.00 bits per heavy atom. The van der Waals surface area contributed by atoms with Crippen molar-refractivity contribution in [1.29, 1.82) is 0 Å². The van der Waals surface area contributed by atoms with Crippen molar-refractivity contribution in [3.8, 4) is 0 Å². The summed E-state index contributed by atoms with van der Waals surface area (Å²) in [5.41, 5.74) is 2.58. The van der Waals surface area contributed by atoms with Crippen LogP contribution in [-0.4, -0.2) is 23.5 Å². The van der Waals surface area contributed by atoms with Gasteiger partial charge >= 0.3 is 6.03 Å². The van der Waals surface area contributed by atoms with Crippen LogP contribution < -0.4 is 16.0 Å². The monoisotopic (exact) mass is 366 g/mol. The first-order valence-electron chi connectivity index (χ1n) is 9.55. The number of nitrogens with one attached hydrogen (secondary N) is 3. The van der Waals surface area contributed by atoms with Crippen LogP contribution in [0, 0.1) is 5.92 Å². The fourth-order valence-corrected chi connectivity index (χ4v) is 3.33. The number of aryl methyl sites for hydroxylation is 1. The smallest absolute Gasteiger partial charge is 0.319 e. The summed E-state index contributed by atoms with van der Waals surface area (Å²) in [5, 5.41) is 8.62. The lowest BCUT2D eigenvalue weighted by molar-refractivity contribution is -0.119. The summed E-state index contributed by atoms with van der Waals surface area (Å²) in [6, 6.07) is 11.0. The van der Waals surface area contributed by atoms with E-state index in [4.69, 9.17) is 0 Å². The standard InChI is InChI=1S/C21H26N4O2/c26-20(17-6-1-2-7-17)24-18-8-3-9-19(15-18)25-21(27)23-12-4-5-16-10-13-22-14-11-16/h3,8-11,13-15,17H,1-2,4-7,12H2,(H,24,26)(H2,23,25,27). The van der Waals surface area contributed by atoms with Gasteiger partial charge < -0.3 is 16.0 Å². The molecule has 2 aromatic rings. The van der Waals surface area contributed by atoms with Crippen molar-refractivity contribution in [2.45, 2.75) is 38.5 Å². The Kier molecular flexibility index (Phi) is 6.79. The summed E-state index contributed by atoms with van der Waals surface area (Å²) < 4.78 is 0. The average Bonchev–Trinajstić information content (AvgIpc) is 3.21. The average molecular weight is 366 g/mol. The van der Waals surface area contributed by atoms with E-state index >= 15 is 0 Å². The number of hydrogen-bond acceptors (Lipinski definition) is 3. The second-order valence-electron chi connectivity index (χ2n) is 6.89. The van der Waals surface area contributed by atoms with E-state index in [1.54, 1.807) is 18.5 Å². The Morgan fingerprint density at radius 2 is 1.70 bits per heavy atom. The van der Waals surface area contributed by atoms with Crippen LogP contribution in [0.5, 0.6) is 0 Å². The quantitative estimate of drug-likeness (QED) is 0.649. The second-order valence-corrected chi connectivity index (χ2v) is 6.89. The number of amides is 3. The first-order chi connectivity index (χ1) is 13.2. The van der Waals surface area contributed by atoms with Crippen molar-refractivity contribution < 1.29 is 9.59 Å². The van der Waals surface area contributed by atoms with Gasteiger partial charge in [0.15, 0.2) is 0 Å². The van der Waals surface area contributed by atoms with Crippen LogP contribution in [0.4, 0.5) is 16.2 Å². The molecule has 0 aliphatic heterocycles. The Morgan fingerprint density at radius 3 is 2.44 bits per heavy atom. The highest BCUT2D eigenvalue weighted by Gasteiger charge is 2.22. The van der Waals surface area contributed by atoms with Crippen LogP contribution in [0.25, 0.3) is 0 Å².